The molecule has 9 nitrogen and oxygen atoms in total. The largest absolute Gasteiger partial charge is 0.475 e. The average molecular weight is 538 g/mol. The van der Waals surface area contributed by atoms with Crippen molar-refractivity contribution in [3.8, 4) is 6.07 Å². The van der Waals surface area contributed by atoms with E-state index in [2.05, 4.69) is 5.32 Å². The van der Waals surface area contributed by atoms with Crippen molar-refractivity contribution >= 4 is 19.1 Å². The number of piperidine rings is 1. The van der Waals surface area contributed by atoms with Crippen LogP contribution in [0.3, 0.4) is 0 Å². The van der Waals surface area contributed by atoms with Gasteiger partial charge in [-0.3, -0.25) is 9.69 Å². The molecule has 1 aromatic rings. The summed E-state index contributed by atoms with van der Waals surface area (Å²) in [4.78, 5) is 28.0. The van der Waals surface area contributed by atoms with Crippen molar-refractivity contribution in [2.24, 2.45) is 0 Å². The highest BCUT2D eigenvalue weighted by molar-refractivity contribution is 6.43. The van der Waals surface area contributed by atoms with Gasteiger partial charge in [-0.2, -0.15) is 18.4 Å². The van der Waals surface area contributed by atoms with Gasteiger partial charge in [0.15, 0.2) is 0 Å². The summed E-state index contributed by atoms with van der Waals surface area (Å²) in [5.41, 5.74) is -0.766. The van der Waals surface area contributed by atoms with E-state index in [4.69, 9.17) is 4.74 Å². The second-order valence-electron chi connectivity index (χ2n) is 9.90. The molecule has 13 heteroatoms. The lowest BCUT2D eigenvalue weighted by Gasteiger charge is -2.37. The topological polar surface area (TPSA) is 126 Å². The van der Waals surface area contributed by atoms with Crippen LogP contribution in [0.2, 0.25) is 0 Å². The number of likely N-dealkylation sites (N-methyl/N-ethyl adjacent to an activating group) is 1. The van der Waals surface area contributed by atoms with Gasteiger partial charge in [-0.25, -0.2) is 4.79 Å². The summed E-state index contributed by atoms with van der Waals surface area (Å²) in [5, 5.41) is 31.4. The molecule has 0 bridgehead atoms. The van der Waals surface area contributed by atoms with Gasteiger partial charge in [0.25, 0.3) is 5.91 Å². The predicted molar refractivity (Wildman–Crippen MR) is 134 cm³/mol. The first-order chi connectivity index (χ1) is 17.7. The fourth-order valence-electron chi connectivity index (χ4n) is 4.14. The van der Waals surface area contributed by atoms with Crippen molar-refractivity contribution in [1.29, 1.82) is 5.26 Å². The number of carbonyl (C=O) groups is 2. The number of amides is 2. The highest BCUT2D eigenvalue weighted by atomic mass is 19.4. The predicted octanol–water partition coefficient (Wildman–Crippen LogP) is 2.44. The normalized spacial score (nSPS) is 17.5. The van der Waals surface area contributed by atoms with E-state index in [0.717, 1.165) is 16.9 Å². The number of nitriles is 1. The first-order valence-corrected chi connectivity index (χ1v) is 12.3. The van der Waals surface area contributed by atoms with E-state index >= 15 is 0 Å². The van der Waals surface area contributed by atoms with Gasteiger partial charge in [-0.1, -0.05) is 30.3 Å². The summed E-state index contributed by atoms with van der Waals surface area (Å²) in [6.45, 7) is 1.83. The maximum absolute atomic E-state index is 13.2. The number of hydrogen-bond acceptors (Lipinski definition) is 7. The van der Waals surface area contributed by atoms with Crippen molar-refractivity contribution in [2.75, 3.05) is 26.7 Å². The number of alkyl carbamates (subject to hydrolysis) is 1. The third-order valence-electron chi connectivity index (χ3n) is 6.51. The van der Waals surface area contributed by atoms with Gasteiger partial charge in [0.1, 0.15) is 18.2 Å². The van der Waals surface area contributed by atoms with E-state index in [1.165, 1.54) is 31.9 Å². The number of likely N-dealkylation sites (tertiary alicyclic amines) is 1. The molecule has 2 rings (SSSR count). The van der Waals surface area contributed by atoms with Crippen LogP contribution in [0.5, 0.6) is 0 Å². The molecule has 2 amide bonds. The van der Waals surface area contributed by atoms with Crippen molar-refractivity contribution < 1.29 is 37.5 Å². The molecule has 3 N–H and O–H groups in total. The SMILES string of the molecule is CN(CC(F)(F)F)C(C)(C)C=C(C#N)C(=O)N1CCCC[C@@H]1COC(=O)NC(Cc1ccccc1)B(O)O. The smallest absolute Gasteiger partial charge is 0.447 e. The molecular formula is C25H34BF3N4O5. The first-order valence-electron chi connectivity index (χ1n) is 12.3. The standard InChI is InChI=1S/C25H34BF3N4O5/c1-24(2,32(3)17-25(27,28)29)14-19(15-30)22(34)33-12-8-7-11-20(33)16-38-23(35)31-21(26(36)37)13-18-9-5-4-6-10-18/h4-6,9-10,14,20-21,36-37H,7-8,11-13,16-17H2,1-3H3,(H,31,35)/t20-,21?/m1/s1. The number of alkyl halides is 3. The minimum atomic E-state index is -4.45. The molecule has 0 spiro atoms. The Labute approximate surface area is 221 Å². The molecule has 2 atom stereocenters. The van der Waals surface area contributed by atoms with Crippen LogP contribution in [-0.4, -0.2) is 89.4 Å². The van der Waals surface area contributed by atoms with Gasteiger partial charge in [-0.15, -0.1) is 0 Å². The summed E-state index contributed by atoms with van der Waals surface area (Å²) in [6.07, 6.45) is -2.09. The van der Waals surface area contributed by atoms with E-state index < -0.39 is 49.4 Å². The monoisotopic (exact) mass is 538 g/mol. The number of carbonyl (C=O) groups excluding carboxylic acids is 2. The van der Waals surface area contributed by atoms with Crippen LogP contribution in [0, 0.1) is 11.3 Å². The minimum Gasteiger partial charge on any atom is -0.447 e. The summed E-state index contributed by atoms with van der Waals surface area (Å²) in [5.74, 6) is -1.68. The number of halogens is 3. The maximum atomic E-state index is 13.2. The number of ether oxygens (including phenoxy) is 1. The lowest BCUT2D eigenvalue weighted by molar-refractivity contribution is -0.150. The minimum absolute atomic E-state index is 0.149. The second kappa shape index (κ2) is 13.6. The Morgan fingerprint density at radius 3 is 2.53 bits per heavy atom. The van der Waals surface area contributed by atoms with Gasteiger partial charge in [0.05, 0.1) is 18.5 Å². The number of rotatable bonds is 10. The van der Waals surface area contributed by atoms with E-state index in [1.807, 2.05) is 6.07 Å². The Bertz CT molecular complexity index is 1010. The molecule has 1 unspecified atom stereocenters. The molecule has 208 valence electrons. The van der Waals surface area contributed by atoms with Crippen LogP contribution < -0.4 is 5.32 Å². The maximum Gasteiger partial charge on any atom is 0.475 e. The molecule has 1 aliphatic heterocycles. The zero-order valence-electron chi connectivity index (χ0n) is 21.7. The van der Waals surface area contributed by atoms with Crippen LogP contribution in [0.1, 0.15) is 38.7 Å². The lowest BCUT2D eigenvalue weighted by Crippen LogP contribution is -2.50. The molecule has 1 fully saturated rings. The van der Waals surface area contributed by atoms with Crippen LogP contribution in [-0.2, 0) is 16.0 Å². The van der Waals surface area contributed by atoms with Crippen molar-refractivity contribution in [3.63, 3.8) is 0 Å². The number of benzene rings is 1. The molecule has 1 aliphatic rings. The Balaban J connectivity index is 2.06. The van der Waals surface area contributed by atoms with Crippen LogP contribution in [0.4, 0.5) is 18.0 Å². The average Bonchev–Trinajstić information content (AvgIpc) is 2.85. The number of nitrogens with one attached hydrogen (secondary N) is 1. The fourth-order valence-corrected chi connectivity index (χ4v) is 4.14. The van der Waals surface area contributed by atoms with Crippen LogP contribution >= 0.6 is 0 Å². The molecule has 0 saturated carbocycles. The molecule has 1 aromatic carbocycles. The van der Waals surface area contributed by atoms with Gasteiger partial charge in [0, 0.05) is 12.1 Å². The van der Waals surface area contributed by atoms with Crippen molar-refractivity contribution in [2.45, 2.75) is 63.2 Å². The Morgan fingerprint density at radius 1 is 1.29 bits per heavy atom. The quantitative estimate of drug-likeness (QED) is 0.237. The summed E-state index contributed by atoms with van der Waals surface area (Å²) < 4.78 is 43.9. The Hall–Kier alpha value is -3.08. The zero-order valence-corrected chi connectivity index (χ0v) is 21.7. The molecule has 0 radical (unpaired) electrons. The summed E-state index contributed by atoms with van der Waals surface area (Å²) in [6, 6.07) is 10.2. The Morgan fingerprint density at radius 2 is 1.95 bits per heavy atom. The fraction of sp³-hybridized carbons (Fsp3) is 0.560. The third-order valence-corrected chi connectivity index (χ3v) is 6.51. The van der Waals surface area contributed by atoms with Gasteiger partial charge >= 0.3 is 19.4 Å². The summed E-state index contributed by atoms with van der Waals surface area (Å²) in [7, 11) is -0.578. The molecule has 0 aliphatic carbocycles. The van der Waals surface area contributed by atoms with E-state index in [0.29, 0.717) is 12.8 Å². The van der Waals surface area contributed by atoms with E-state index in [9.17, 15) is 38.1 Å². The molecular weight excluding hydrogens is 504 g/mol. The Kier molecular flexibility index (Phi) is 11.2. The number of nitrogens with zero attached hydrogens (tertiary/aromatic N) is 3. The highest BCUT2D eigenvalue weighted by Crippen LogP contribution is 2.25. The molecule has 1 heterocycles. The molecule has 1 saturated heterocycles. The van der Waals surface area contributed by atoms with Crippen molar-refractivity contribution in [3.05, 3.63) is 47.5 Å². The second-order valence-corrected chi connectivity index (χ2v) is 9.90. The third kappa shape index (κ3) is 9.66. The lowest BCUT2D eigenvalue weighted by atomic mass is 9.76. The molecule has 38 heavy (non-hydrogen) atoms. The first kappa shape index (κ1) is 31.1. The zero-order chi connectivity index (χ0) is 28.5. The van der Waals surface area contributed by atoms with Crippen LogP contribution in [0.15, 0.2) is 42.0 Å². The van der Waals surface area contributed by atoms with Gasteiger partial charge in [0.2, 0.25) is 0 Å². The van der Waals surface area contributed by atoms with Crippen molar-refractivity contribution in [1.82, 2.24) is 15.1 Å². The summed E-state index contributed by atoms with van der Waals surface area (Å²) >= 11 is 0. The van der Waals surface area contributed by atoms with Crippen LogP contribution in [0.25, 0.3) is 0 Å². The highest BCUT2D eigenvalue weighted by Gasteiger charge is 2.36. The van der Waals surface area contributed by atoms with E-state index in [1.54, 1.807) is 30.3 Å². The van der Waals surface area contributed by atoms with E-state index in [-0.39, 0.29) is 25.1 Å². The molecule has 0 aromatic heterocycles. The number of hydrogen-bond donors (Lipinski definition) is 3. The van der Waals surface area contributed by atoms with Gasteiger partial charge in [-0.05, 0) is 58.2 Å². The van der Waals surface area contributed by atoms with Gasteiger partial charge < -0.3 is 25.0 Å².